The molecule has 0 aliphatic rings. The van der Waals surface area contributed by atoms with Crippen molar-refractivity contribution in [3.05, 3.63) is 111 Å². The molecule has 0 aliphatic heterocycles. The van der Waals surface area contributed by atoms with Gasteiger partial charge < -0.3 is 9.88 Å². The van der Waals surface area contributed by atoms with Gasteiger partial charge in [0.25, 0.3) is 11.5 Å². The molecular formula is C26H24N2O2. The predicted molar refractivity (Wildman–Crippen MR) is 122 cm³/mol. The third-order valence-electron chi connectivity index (χ3n) is 5.26. The van der Waals surface area contributed by atoms with Gasteiger partial charge in [-0.1, -0.05) is 47.0 Å². The van der Waals surface area contributed by atoms with Crippen molar-refractivity contribution >= 4 is 22.5 Å². The number of H-pyrrole nitrogens is 1. The minimum atomic E-state index is -0.180. The Hall–Kier alpha value is -3.66. The highest BCUT2D eigenvalue weighted by Crippen LogP contribution is 2.22. The number of pyridine rings is 1. The molecule has 0 bridgehead atoms. The van der Waals surface area contributed by atoms with Crippen LogP contribution in [0.15, 0.2) is 77.6 Å². The Kier molecular flexibility index (Phi) is 5.23. The van der Waals surface area contributed by atoms with Crippen LogP contribution < -0.4 is 10.5 Å². The Labute approximate surface area is 175 Å². The zero-order chi connectivity index (χ0) is 21.3. The smallest absolute Gasteiger partial charge is 0.258 e. The van der Waals surface area contributed by atoms with Crippen LogP contribution in [0.5, 0.6) is 0 Å². The molecule has 0 aliphatic carbocycles. The zero-order valence-corrected chi connectivity index (χ0v) is 17.4. The summed E-state index contributed by atoms with van der Waals surface area (Å²) < 4.78 is 0. The van der Waals surface area contributed by atoms with Crippen LogP contribution in [0, 0.1) is 20.8 Å². The van der Waals surface area contributed by atoms with E-state index < -0.39 is 0 Å². The number of fused-ring (bicyclic) bond motifs is 1. The maximum Gasteiger partial charge on any atom is 0.258 e. The summed E-state index contributed by atoms with van der Waals surface area (Å²) in [6, 6.07) is 23.1. The van der Waals surface area contributed by atoms with E-state index in [1.54, 1.807) is 4.90 Å². The molecule has 4 aromatic rings. The number of aryl methyl sites for hydroxylation is 3. The quantitative estimate of drug-likeness (QED) is 0.509. The van der Waals surface area contributed by atoms with Crippen LogP contribution in [0.2, 0.25) is 0 Å². The molecule has 30 heavy (non-hydrogen) atoms. The third kappa shape index (κ3) is 4.03. The summed E-state index contributed by atoms with van der Waals surface area (Å²) in [5.74, 6) is -0.133. The number of hydrogen-bond acceptors (Lipinski definition) is 2. The molecule has 0 saturated heterocycles. The topological polar surface area (TPSA) is 53.2 Å². The fourth-order valence-corrected chi connectivity index (χ4v) is 3.60. The molecule has 3 aromatic carbocycles. The molecule has 1 heterocycles. The fourth-order valence-electron chi connectivity index (χ4n) is 3.60. The van der Waals surface area contributed by atoms with Gasteiger partial charge in [0.2, 0.25) is 0 Å². The number of hydrogen-bond donors (Lipinski definition) is 1. The Morgan fingerprint density at radius 3 is 2.27 bits per heavy atom. The molecule has 0 radical (unpaired) electrons. The van der Waals surface area contributed by atoms with E-state index in [1.807, 2.05) is 93.6 Å². The van der Waals surface area contributed by atoms with Crippen LogP contribution in [0.4, 0.5) is 5.69 Å². The molecule has 1 amide bonds. The van der Waals surface area contributed by atoms with E-state index in [0.717, 1.165) is 33.3 Å². The van der Waals surface area contributed by atoms with Gasteiger partial charge in [-0.05, 0) is 68.6 Å². The molecular weight excluding hydrogens is 372 g/mol. The van der Waals surface area contributed by atoms with Gasteiger partial charge in [0.15, 0.2) is 0 Å². The van der Waals surface area contributed by atoms with Gasteiger partial charge >= 0.3 is 0 Å². The Balaban J connectivity index is 1.79. The van der Waals surface area contributed by atoms with Crippen LogP contribution in [-0.4, -0.2) is 10.9 Å². The second-order valence-corrected chi connectivity index (χ2v) is 7.81. The maximum atomic E-state index is 13.4. The van der Waals surface area contributed by atoms with E-state index in [9.17, 15) is 9.59 Å². The molecule has 1 N–H and O–H groups in total. The molecule has 0 atom stereocenters. The number of carbonyl (C=O) groups excluding carboxylic acids is 1. The number of benzene rings is 3. The standard InChI is InChI=1S/C26H24N2O2/c1-17-7-10-23(11-8-17)28(26(30)20-6-4-5-18(2)13-20)16-22-15-21-14-19(3)9-12-24(21)27-25(22)29/h4-15H,16H2,1-3H3,(H,27,29). The zero-order valence-electron chi connectivity index (χ0n) is 17.4. The maximum absolute atomic E-state index is 13.4. The molecule has 4 nitrogen and oxygen atoms in total. The van der Waals surface area contributed by atoms with Crippen molar-refractivity contribution in [2.75, 3.05) is 4.90 Å². The molecule has 0 spiro atoms. The first-order valence-corrected chi connectivity index (χ1v) is 9.98. The summed E-state index contributed by atoms with van der Waals surface area (Å²) in [4.78, 5) is 30.8. The van der Waals surface area contributed by atoms with Crippen LogP contribution in [0.3, 0.4) is 0 Å². The average molecular weight is 396 g/mol. The average Bonchev–Trinajstić information content (AvgIpc) is 2.73. The molecule has 150 valence electrons. The van der Waals surface area contributed by atoms with Gasteiger partial charge in [0.1, 0.15) is 0 Å². The van der Waals surface area contributed by atoms with Crippen LogP contribution >= 0.6 is 0 Å². The highest BCUT2D eigenvalue weighted by molar-refractivity contribution is 6.06. The summed E-state index contributed by atoms with van der Waals surface area (Å²) in [6.07, 6.45) is 0. The molecule has 0 fully saturated rings. The summed E-state index contributed by atoms with van der Waals surface area (Å²) >= 11 is 0. The normalized spacial score (nSPS) is 10.9. The molecule has 4 rings (SSSR count). The van der Waals surface area contributed by atoms with E-state index in [-0.39, 0.29) is 18.0 Å². The number of aromatic nitrogens is 1. The van der Waals surface area contributed by atoms with Gasteiger partial charge in [-0.15, -0.1) is 0 Å². The van der Waals surface area contributed by atoms with Crippen molar-refractivity contribution in [2.45, 2.75) is 27.3 Å². The minimum Gasteiger partial charge on any atom is -0.322 e. The molecule has 0 saturated carbocycles. The lowest BCUT2D eigenvalue weighted by atomic mass is 10.1. The lowest BCUT2D eigenvalue weighted by molar-refractivity contribution is 0.0985. The van der Waals surface area contributed by atoms with E-state index in [2.05, 4.69) is 4.98 Å². The first-order chi connectivity index (χ1) is 14.4. The van der Waals surface area contributed by atoms with E-state index in [1.165, 1.54) is 0 Å². The minimum absolute atomic E-state index is 0.133. The fraction of sp³-hybridized carbons (Fsp3) is 0.154. The number of amides is 1. The Morgan fingerprint density at radius 1 is 0.833 bits per heavy atom. The van der Waals surface area contributed by atoms with Gasteiger partial charge in [0, 0.05) is 22.3 Å². The van der Waals surface area contributed by atoms with Crippen molar-refractivity contribution in [1.29, 1.82) is 0 Å². The van der Waals surface area contributed by atoms with Crippen molar-refractivity contribution in [1.82, 2.24) is 4.98 Å². The van der Waals surface area contributed by atoms with Gasteiger partial charge in [-0.25, -0.2) is 0 Å². The summed E-state index contributed by atoms with van der Waals surface area (Å²) in [5.41, 5.74) is 5.77. The van der Waals surface area contributed by atoms with Crippen molar-refractivity contribution < 1.29 is 4.79 Å². The highest BCUT2D eigenvalue weighted by Gasteiger charge is 2.20. The van der Waals surface area contributed by atoms with Crippen molar-refractivity contribution in [3.63, 3.8) is 0 Å². The second kappa shape index (κ2) is 7.99. The lowest BCUT2D eigenvalue weighted by Gasteiger charge is -2.23. The first-order valence-electron chi connectivity index (χ1n) is 9.98. The second-order valence-electron chi connectivity index (χ2n) is 7.81. The number of rotatable bonds is 4. The number of carbonyl (C=O) groups is 1. The Bertz CT molecular complexity index is 1290. The van der Waals surface area contributed by atoms with Gasteiger partial charge in [-0.3, -0.25) is 9.59 Å². The van der Waals surface area contributed by atoms with E-state index in [4.69, 9.17) is 0 Å². The number of nitrogens with one attached hydrogen (secondary N) is 1. The number of nitrogens with zero attached hydrogens (tertiary/aromatic N) is 1. The molecule has 0 unspecified atom stereocenters. The third-order valence-corrected chi connectivity index (χ3v) is 5.26. The number of aromatic amines is 1. The van der Waals surface area contributed by atoms with Crippen molar-refractivity contribution in [2.24, 2.45) is 0 Å². The summed E-state index contributed by atoms with van der Waals surface area (Å²) in [6.45, 7) is 6.18. The van der Waals surface area contributed by atoms with Crippen LogP contribution in [0.1, 0.15) is 32.6 Å². The van der Waals surface area contributed by atoms with Crippen molar-refractivity contribution in [3.8, 4) is 0 Å². The Morgan fingerprint density at radius 2 is 1.53 bits per heavy atom. The first kappa shape index (κ1) is 19.6. The molecule has 1 aromatic heterocycles. The summed E-state index contributed by atoms with van der Waals surface area (Å²) in [5, 5.41) is 0.955. The monoisotopic (exact) mass is 396 g/mol. The van der Waals surface area contributed by atoms with E-state index >= 15 is 0 Å². The van der Waals surface area contributed by atoms with Crippen LogP contribution in [-0.2, 0) is 6.54 Å². The van der Waals surface area contributed by atoms with Gasteiger partial charge in [0.05, 0.1) is 6.54 Å². The SMILES string of the molecule is Cc1ccc(N(Cc2cc3cc(C)ccc3[nH]c2=O)C(=O)c2cccc(C)c2)cc1. The van der Waals surface area contributed by atoms with Gasteiger partial charge in [-0.2, -0.15) is 0 Å². The lowest BCUT2D eigenvalue weighted by Crippen LogP contribution is -2.33. The molecule has 4 heteroatoms. The summed E-state index contributed by atoms with van der Waals surface area (Å²) in [7, 11) is 0. The van der Waals surface area contributed by atoms with E-state index in [0.29, 0.717) is 11.1 Å². The largest absolute Gasteiger partial charge is 0.322 e. The highest BCUT2D eigenvalue weighted by atomic mass is 16.2. The predicted octanol–water partition coefficient (Wildman–Crippen LogP) is 5.30. The van der Waals surface area contributed by atoms with Crippen LogP contribution in [0.25, 0.3) is 10.9 Å². The number of anilines is 1.